The fraction of sp³-hybridized carbons (Fsp3) is 0.100. The lowest BCUT2D eigenvalue weighted by Gasteiger charge is -2.06. The van der Waals surface area contributed by atoms with Crippen LogP contribution >= 0.6 is 11.6 Å². The second-order valence-corrected chi connectivity index (χ2v) is 3.31. The van der Waals surface area contributed by atoms with Gasteiger partial charge in [-0.25, -0.2) is 4.98 Å². The smallest absolute Gasteiger partial charge is 0.129 e. The molecule has 0 bridgehead atoms. The van der Waals surface area contributed by atoms with Crippen molar-refractivity contribution in [2.75, 3.05) is 7.11 Å². The average molecular weight is 203 g/mol. The minimum atomic E-state index is 0.462. The number of methoxy groups -OCH3 is 1. The largest absolute Gasteiger partial charge is 0.497 e. The van der Waals surface area contributed by atoms with Crippen molar-refractivity contribution >= 4 is 35.8 Å². The Morgan fingerprint density at radius 2 is 2.14 bits per heavy atom. The van der Waals surface area contributed by atoms with E-state index in [2.05, 4.69) is 4.98 Å². The van der Waals surface area contributed by atoms with Gasteiger partial charge in [-0.1, -0.05) is 23.1 Å². The first-order chi connectivity index (χ1) is 6.70. The zero-order valence-electron chi connectivity index (χ0n) is 7.62. The summed E-state index contributed by atoms with van der Waals surface area (Å²) in [6, 6.07) is 7.20. The molecule has 68 valence electrons. The molecule has 0 fully saturated rings. The van der Waals surface area contributed by atoms with Crippen LogP contribution in [0.2, 0.25) is 5.15 Å². The van der Waals surface area contributed by atoms with Crippen LogP contribution < -0.4 is 10.2 Å². The molecule has 1 heterocycles. The Hall–Kier alpha value is -1.22. The van der Waals surface area contributed by atoms with Gasteiger partial charge in [0.1, 0.15) is 18.7 Å². The summed E-state index contributed by atoms with van der Waals surface area (Å²) in [7, 11) is 7.32. The van der Waals surface area contributed by atoms with Crippen LogP contribution in [0.25, 0.3) is 10.9 Å². The summed E-state index contributed by atoms with van der Waals surface area (Å²) in [5.74, 6) is 0.618. The third-order valence-corrected chi connectivity index (χ3v) is 2.22. The molecule has 0 atom stereocenters. The molecule has 0 spiro atoms. The van der Waals surface area contributed by atoms with Crippen LogP contribution in [-0.2, 0) is 0 Å². The van der Waals surface area contributed by atoms with Gasteiger partial charge in [0, 0.05) is 6.07 Å². The lowest BCUT2D eigenvalue weighted by molar-refractivity contribution is 0.418. The van der Waals surface area contributed by atoms with E-state index in [4.69, 9.17) is 24.2 Å². The van der Waals surface area contributed by atoms with Gasteiger partial charge in [0.2, 0.25) is 0 Å². The molecule has 2 radical (unpaired) electrons. The molecule has 2 aromatic rings. The molecule has 0 unspecified atom stereocenters. The van der Waals surface area contributed by atoms with E-state index < -0.39 is 0 Å². The summed E-state index contributed by atoms with van der Waals surface area (Å²) < 4.78 is 5.08. The highest BCUT2D eigenvalue weighted by Gasteiger charge is 2.02. The normalized spacial score (nSPS) is 10.4. The van der Waals surface area contributed by atoms with Crippen molar-refractivity contribution in [3.8, 4) is 5.75 Å². The number of fused-ring (bicyclic) bond motifs is 1. The standard InChI is InChI=1S/C10H7BClNO/c1-14-9-5-8-6(4-7(9)11)2-3-10(12)13-8/h2-5H,1H3. The van der Waals surface area contributed by atoms with Gasteiger partial charge in [0.25, 0.3) is 0 Å². The van der Waals surface area contributed by atoms with Crippen molar-refractivity contribution in [3.05, 3.63) is 29.4 Å². The van der Waals surface area contributed by atoms with Crippen molar-refractivity contribution in [3.63, 3.8) is 0 Å². The third-order valence-electron chi connectivity index (χ3n) is 2.01. The molecule has 0 aliphatic heterocycles. The minimum absolute atomic E-state index is 0.462. The minimum Gasteiger partial charge on any atom is -0.497 e. The molecule has 0 N–H and O–H groups in total. The van der Waals surface area contributed by atoms with E-state index in [0.717, 1.165) is 10.9 Å². The van der Waals surface area contributed by atoms with Gasteiger partial charge in [-0.05, 0) is 17.5 Å². The Balaban J connectivity index is 2.73. The molecule has 0 saturated carbocycles. The molecule has 4 heteroatoms. The van der Waals surface area contributed by atoms with Crippen LogP contribution in [0.1, 0.15) is 0 Å². The third kappa shape index (κ3) is 1.55. The van der Waals surface area contributed by atoms with Crippen molar-refractivity contribution in [1.82, 2.24) is 4.98 Å². The van der Waals surface area contributed by atoms with Crippen LogP contribution in [0.15, 0.2) is 24.3 Å². The number of ether oxygens (including phenoxy) is 1. The van der Waals surface area contributed by atoms with E-state index in [-0.39, 0.29) is 0 Å². The number of aromatic nitrogens is 1. The summed E-state index contributed by atoms with van der Waals surface area (Å²) in [5, 5.41) is 1.41. The fourth-order valence-corrected chi connectivity index (χ4v) is 1.48. The maximum atomic E-state index is 5.77. The van der Waals surface area contributed by atoms with Crippen LogP contribution in [0.4, 0.5) is 0 Å². The Bertz CT molecular complexity index is 487. The maximum absolute atomic E-state index is 5.77. The number of halogens is 1. The van der Waals surface area contributed by atoms with Crippen LogP contribution in [0.3, 0.4) is 0 Å². The molecule has 0 saturated heterocycles. The molecular formula is C10H7BClNO. The molecule has 0 aliphatic rings. The first-order valence-electron chi connectivity index (χ1n) is 4.10. The Morgan fingerprint density at radius 3 is 2.86 bits per heavy atom. The molecule has 2 rings (SSSR count). The summed E-state index contributed by atoms with van der Waals surface area (Å²) in [6.45, 7) is 0. The van der Waals surface area contributed by atoms with E-state index in [1.54, 1.807) is 19.2 Å². The Kier molecular flexibility index (Phi) is 2.34. The monoisotopic (exact) mass is 203 g/mol. The number of pyridine rings is 1. The van der Waals surface area contributed by atoms with Gasteiger partial charge in [-0.3, -0.25) is 0 Å². The van der Waals surface area contributed by atoms with E-state index in [9.17, 15) is 0 Å². The second-order valence-electron chi connectivity index (χ2n) is 2.92. The molecule has 1 aromatic carbocycles. The fourth-order valence-electron chi connectivity index (χ4n) is 1.32. The second kappa shape index (κ2) is 3.50. The SMILES string of the molecule is [B]c1cc2ccc(Cl)nc2cc1OC. The van der Waals surface area contributed by atoms with Crippen molar-refractivity contribution < 1.29 is 4.74 Å². The zero-order chi connectivity index (χ0) is 10.1. The average Bonchev–Trinajstić information content (AvgIpc) is 2.17. The van der Waals surface area contributed by atoms with Gasteiger partial charge in [-0.2, -0.15) is 0 Å². The van der Waals surface area contributed by atoms with E-state index in [1.807, 2.05) is 12.1 Å². The number of benzene rings is 1. The number of nitrogens with zero attached hydrogens (tertiary/aromatic N) is 1. The maximum Gasteiger partial charge on any atom is 0.129 e. The molecular weight excluding hydrogens is 196 g/mol. The molecule has 0 aliphatic carbocycles. The quantitative estimate of drug-likeness (QED) is 0.520. The van der Waals surface area contributed by atoms with E-state index in [0.29, 0.717) is 16.4 Å². The van der Waals surface area contributed by atoms with Gasteiger partial charge in [-0.15, -0.1) is 0 Å². The summed E-state index contributed by atoms with van der Waals surface area (Å²) in [5.41, 5.74) is 1.38. The number of hydrogen-bond acceptors (Lipinski definition) is 2. The summed E-state index contributed by atoms with van der Waals surface area (Å²) in [4.78, 5) is 4.16. The first kappa shape index (κ1) is 9.34. The summed E-state index contributed by atoms with van der Waals surface area (Å²) >= 11 is 5.77. The topological polar surface area (TPSA) is 22.1 Å². The van der Waals surface area contributed by atoms with Crippen molar-refractivity contribution in [2.45, 2.75) is 0 Å². The van der Waals surface area contributed by atoms with Crippen molar-refractivity contribution in [2.24, 2.45) is 0 Å². The number of rotatable bonds is 1. The molecule has 0 amide bonds. The lowest BCUT2D eigenvalue weighted by Crippen LogP contribution is -2.06. The van der Waals surface area contributed by atoms with Crippen LogP contribution in [-0.4, -0.2) is 19.9 Å². The summed E-state index contributed by atoms with van der Waals surface area (Å²) in [6.07, 6.45) is 0. The van der Waals surface area contributed by atoms with E-state index in [1.165, 1.54) is 0 Å². The van der Waals surface area contributed by atoms with Crippen molar-refractivity contribution in [1.29, 1.82) is 0 Å². The predicted octanol–water partition coefficient (Wildman–Crippen LogP) is 1.69. The molecule has 1 aromatic heterocycles. The molecule has 2 nitrogen and oxygen atoms in total. The van der Waals surface area contributed by atoms with Crippen LogP contribution in [0, 0.1) is 0 Å². The first-order valence-corrected chi connectivity index (χ1v) is 4.48. The molecule has 14 heavy (non-hydrogen) atoms. The van der Waals surface area contributed by atoms with Gasteiger partial charge < -0.3 is 4.74 Å². The zero-order valence-corrected chi connectivity index (χ0v) is 8.38. The lowest BCUT2D eigenvalue weighted by atomic mass is 9.93. The highest BCUT2D eigenvalue weighted by molar-refractivity contribution is 6.35. The number of hydrogen-bond donors (Lipinski definition) is 0. The Labute approximate surface area is 88.3 Å². The van der Waals surface area contributed by atoms with Gasteiger partial charge >= 0.3 is 0 Å². The van der Waals surface area contributed by atoms with Gasteiger partial charge in [0.05, 0.1) is 12.6 Å². The van der Waals surface area contributed by atoms with Gasteiger partial charge in [0.15, 0.2) is 0 Å². The highest BCUT2D eigenvalue weighted by Crippen LogP contribution is 2.18. The van der Waals surface area contributed by atoms with Crippen LogP contribution in [0.5, 0.6) is 5.75 Å². The van der Waals surface area contributed by atoms with E-state index >= 15 is 0 Å². The Morgan fingerprint density at radius 1 is 1.36 bits per heavy atom. The predicted molar refractivity (Wildman–Crippen MR) is 58.7 cm³/mol. The highest BCUT2D eigenvalue weighted by atomic mass is 35.5.